The lowest BCUT2D eigenvalue weighted by Gasteiger charge is -2.29. The van der Waals surface area contributed by atoms with Gasteiger partial charge in [-0.3, -0.25) is 4.99 Å². The Hall–Kier alpha value is -1.61. The number of benzene rings is 1. The smallest absolute Gasteiger partial charge is 0.0662 e. The van der Waals surface area contributed by atoms with Crippen LogP contribution in [-0.4, -0.2) is 18.3 Å². The van der Waals surface area contributed by atoms with Crippen LogP contribution in [0.4, 0.5) is 5.69 Å². The summed E-state index contributed by atoms with van der Waals surface area (Å²) >= 11 is 0. The van der Waals surface area contributed by atoms with Crippen molar-refractivity contribution < 1.29 is 0 Å². The van der Waals surface area contributed by atoms with Gasteiger partial charge in [-0.2, -0.15) is 0 Å². The molecular formula is C22H33N3. The number of rotatable bonds is 5. The van der Waals surface area contributed by atoms with Gasteiger partial charge in [0.05, 0.1) is 5.69 Å². The molecule has 25 heavy (non-hydrogen) atoms. The van der Waals surface area contributed by atoms with Gasteiger partial charge in [0.25, 0.3) is 0 Å². The zero-order valence-electron chi connectivity index (χ0n) is 16.1. The van der Waals surface area contributed by atoms with Crippen LogP contribution < -0.4 is 11.1 Å². The SMILES string of the molecule is CCC/C(N)=C1/C(=Nc2ccc(C3CCC3)cc2C)CCNC1CC. The Bertz CT molecular complexity index is 668. The van der Waals surface area contributed by atoms with Crippen LogP contribution in [0.3, 0.4) is 0 Å². The van der Waals surface area contributed by atoms with Gasteiger partial charge in [-0.25, -0.2) is 0 Å². The van der Waals surface area contributed by atoms with Crippen LogP contribution in [0.1, 0.15) is 75.8 Å². The average Bonchev–Trinajstić information content (AvgIpc) is 2.55. The third-order valence-electron chi connectivity index (χ3n) is 5.74. The molecule has 1 aromatic carbocycles. The van der Waals surface area contributed by atoms with Gasteiger partial charge in [-0.15, -0.1) is 0 Å². The van der Waals surface area contributed by atoms with Crippen LogP contribution in [0, 0.1) is 6.92 Å². The Kier molecular flexibility index (Phi) is 5.95. The molecule has 1 unspecified atom stereocenters. The van der Waals surface area contributed by atoms with E-state index in [0.717, 1.165) is 49.5 Å². The van der Waals surface area contributed by atoms with E-state index in [1.807, 2.05) is 0 Å². The molecule has 0 aromatic heterocycles. The first-order chi connectivity index (χ1) is 12.1. The molecule has 1 aliphatic carbocycles. The summed E-state index contributed by atoms with van der Waals surface area (Å²) in [5, 5.41) is 3.61. The fourth-order valence-electron chi connectivity index (χ4n) is 4.03. The molecule has 3 rings (SSSR count). The maximum absolute atomic E-state index is 6.46. The van der Waals surface area contributed by atoms with Crippen LogP contribution in [0.15, 0.2) is 34.5 Å². The number of allylic oxidation sites excluding steroid dienone is 1. The molecule has 0 spiro atoms. The zero-order valence-corrected chi connectivity index (χ0v) is 16.1. The summed E-state index contributed by atoms with van der Waals surface area (Å²) < 4.78 is 0. The molecule has 1 heterocycles. The fraction of sp³-hybridized carbons (Fsp3) is 0.591. The highest BCUT2D eigenvalue weighted by atomic mass is 14.9. The lowest BCUT2D eigenvalue weighted by atomic mass is 9.79. The van der Waals surface area contributed by atoms with Crippen LogP contribution >= 0.6 is 0 Å². The summed E-state index contributed by atoms with van der Waals surface area (Å²) in [6.45, 7) is 7.58. The molecule has 1 aromatic rings. The second-order valence-corrected chi connectivity index (χ2v) is 7.59. The van der Waals surface area contributed by atoms with E-state index in [4.69, 9.17) is 10.7 Å². The van der Waals surface area contributed by atoms with Gasteiger partial charge in [0.15, 0.2) is 0 Å². The van der Waals surface area contributed by atoms with Crippen LogP contribution in [0.2, 0.25) is 0 Å². The largest absolute Gasteiger partial charge is 0.402 e. The van der Waals surface area contributed by atoms with E-state index in [1.54, 1.807) is 0 Å². The van der Waals surface area contributed by atoms with E-state index in [-0.39, 0.29) is 0 Å². The lowest BCUT2D eigenvalue weighted by Crippen LogP contribution is -2.41. The predicted molar refractivity (Wildman–Crippen MR) is 108 cm³/mol. The van der Waals surface area contributed by atoms with Crippen molar-refractivity contribution in [3.63, 3.8) is 0 Å². The molecule has 136 valence electrons. The molecule has 2 aliphatic rings. The van der Waals surface area contributed by atoms with Crippen molar-refractivity contribution in [1.82, 2.24) is 5.32 Å². The molecule has 3 N–H and O–H groups in total. The predicted octanol–water partition coefficient (Wildman–Crippen LogP) is 5.12. The van der Waals surface area contributed by atoms with E-state index in [1.165, 1.54) is 41.7 Å². The standard InChI is InChI=1S/C22H33N3/c1-4-7-18(23)22-19(5-2)24-13-12-21(22)25-20-11-10-17(14-15(20)3)16-8-6-9-16/h10-11,14,16,19,24H,4-9,12-13,23H2,1-3H3/b22-18-,25-21?. The Labute approximate surface area is 152 Å². The highest BCUT2D eigenvalue weighted by molar-refractivity contribution is 6.04. The monoisotopic (exact) mass is 339 g/mol. The van der Waals surface area contributed by atoms with Gasteiger partial charge < -0.3 is 11.1 Å². The van der Waals surface area contributed by atoms with Gasteiger partial charge in [-0.05, 0) is 55.7 Å². The van der Waals surface area contributed by atoms with Crippen molar-refractivity contribution in [3.8, 4) is 0 Å². The summed E-state index contributed by atoms with van der Waals surface area (Å²) in [7, 11) is 0. The van der Waals surface area contributed by atoms with Crippen molar-refractivity contribution in [2.24, 2.45) is 10.7 Å². The minimum absolute atomic E-state index is 0.341. The minimum Gasteiger partial charge on any atom is -0.402 e. The molecule has 1 saturated heterocycles. The van der Waals surface area contributed by atoms with Crippen LogP contribution in [-0.2, 0) is 0 Å². The topological polar surface area (TPSA) is 50.4 Å². The number of nitrogens with one attached hydrogen (secondary N) is 1. The first kappa shape index (κ1) is 18.2. The first-order valence-electron chi connectivity index (χ1n) is 10.0. The van der Waals surface area contributed by atoms with Crippen molar-refractivity contribution in [2.75, 3.05) is 6.54 Å². The number of nitrogens with two attached hydrogens (primary N) is 1. The number of hydrogen-bond acceptors (Lipinski definition) is 3. The van der Waals surface area contributed by atoms with Gasteiger partial charge in [-0.1, -0.05) is 38.8 Å². The lowest BCUT2D eigenvalue weighted by molar-refractivity contribution is 0.419. The number of hydrogen-bond donors (Lipinski definition) is 2. The summed E-state index contributed by atoms with van der Waals surface area (Å²) in [6, 6.07) is 7.19. The Morgan fingerprint density at radius 2 is 2.08 bits per heavy atom. The Balaban J connectivity index is 1.93. The third-order valence-corrected chi connectivity index (χ3v) is 5.74. The van der Waals surface area contributed by atoms with Crippen molar-refractivity contribution in [3.05, 3.63) is 40.6 Å². The highest BCUT2D eigenvalue weighted by Crippen LogP contribution is 2.38. The molecule has 0 radical (unpaired) electrons. The van der Waals surface area contributed by atoms with E-state index in [2.05, 4.69) is 44.3 Å². The number of aryl methyl sites for hydroxylation is 1. The summed E-state index contributed by atoms with van der Waals surface area (Å²) in [5.41, 5.74) is 13.8. The van der Waals surface area contributed by atoms with E-state index in [0.29, 0.717) is 6.04 Å². The molecular weight excluding hydrogens is 306 g/mol. The Morgan fingerprint density at radius 3 is 2.68 bits per heavy atom. The first-order valence-corrected chi connectivity index (χ1v) is 10.0. The summed E-state index contributed by atoms with van der Waals surface area (Å²) in [5.74, 6) is 0.777. The molecule has 3 nitrogen and oxygen atoms in total. The summed E-state index contributed by atoms with van der Waals surface area (Å²) in [4.78, 5) is 5.08. The second kappa shape index (κ2) is 8.18. The fourth-order valence-corrected chi connectivity index (χ4v) is 4.03. The third kappa shape index (κ3) is 3.98. The maximum Gasteiger partial charge on any atom is 0.0662 e. The van der Waals surface area contributed by atoms with Crippen molar-refractivity contribution in [2.45, 2.75) is 77.7 Å². The van der Waals surface area contributed by atoms with Crippen LogP contribution in [0.25, 0.3) is 0 Å². The number of aliphatic imine (C=N–C) groups is 1. The van der Waals surface area contributed by atoms with Gasteiger partial charge in [0, 0.05) is 36.0 Å². The van der Waals surface area contributed by atoms with Gasteiger partial charge in [0.1, 0.15) is 0 Å². The van der Waals surface area contributed by atoms with Crippen molar-refractivity contribution in [1.29, 1.82) is 0 Å². The Morgan fingerprint density at radius 1 is 1.28 bits per heavy atom. The quantitative estimate of drug-likeness (QED) is 0.782. The average molecular weight is 340 g/mol. The number of nitrogens with zero attached hydrogens (tertiary/aromatic N) is 1. The summed E-state index contributed by atoms with van der Waals surface area (Å²) in [6.07, 6.45) is 8.11. The number of piperidine rings is 1. The molecule has 1 aliphatic heterocycles. The second-order valence-electron chi connectivity index (χ2n) is 7.59. The highest BCUT2D eigenvalue weighted by Gasteiger charge is 2.25. The molecule has 1 atom stereocenters. The van der Waals surface area contributed by atoms with Gasteiger partial charge in [0.2, 0.25) is 0 Å². The van der Waals surface area contributed by atoms with E-state index < -0.39 is 0 Å². The molecule has 2 fully saturated rings. The van der Waals surface area contributed by atoms with E-state index in [9.17, 15) is 0 Å². The molecule has 0 bridgehead atoms. The normalized spacial score (nSPS) is 25.1. The minimum atomic E-state index is 0.341. The zero-order chi connectivity index (χ0) is 17.8. The molecule has 0 amide bonds. The maximum atomic E-state index is 6.46. The van der Waals surface area contributed by atoms with Crippen LogP contribution in [0.5, 0.6) is 0 Å². The van der Waals surface area contributed by atoms with E-state index >= 15 is 0 Å². The molecule has 1 saturated carbocycles. The van der Waals surface area contributed by atoms with Crippen molar-refractivity contribution >= 4 is 11.4 Å². The molecule has 3 heteroatoms. The van der Waals surface area contributed by atoms with Gasteiger partial charge >= 0.3 is 0 Å².